The highest BCUT2D eigenvalue weighted by atomic mass is 15.4. The lowest BCUT2D eigenvalue weighted by atomic mass is 9.52. The van der Waals surface area contributed by atoms with Gasteiger partial charge in [0.25, 0.3) is 0 Å². The van der Waals surface area contributed by atoms with Crippen molar-refractivity contribution in [3.8, 4) is 0 Å². The van der Waals surface area contributed by atoms with E-state index < -0.39 is 0 Å². The molecule has 0 atom stereocenters. The molecule has 3 aliphatic rings. The van der Waals surface area contributed by atoms with Gasteiger partial charge in [0.2, 0.25) is 0 Å². The molecule has 2 heterocycles. The molecule has 1 spiro atoms. The topological polar surface area (TPSA) is 42.7 Å². The first kappa shape index (κ1) is 11.9. The summed E-state index contributed by atoms with van der Waals surface area (Å²) < 4.78 is 2.10. The fourth-order valence-electron chi connectivity index (χ4n) is 4.35. The molecule has 1 saturated heterocycles. The van der Waals surface area contributed by atoms with Crippen LogP contribution in [0.2, 0.25) is 0 Å². The summed E-state index contributed by atoms with van der Waals surface area (Å²) in [5.41, 5.74) is 2.00. The molecule has 2 aliphatic carbocycles. The molecule has 4 nitrogen and oxygen atoms in total. The van der Waals surface area contributed by atoms with Gasteiger partial charge in [-0.05, 0) is 62.9 Å². The summed E-state index contributed by atoms with van der Waals surface area (Å²) >= 11 is 0. The van der Waals surface area contributed by atoms with E-state index in [0.717, 1.165) is 31.0 Å². The van der Waals surface area contributed by atoms with Crippen LogP contribution in [-0.2, 0) is 6.54 Å². The van der Waals surface area contributed by atoms with Crippen LogP contribution < -0.4 is 5.32 Å². The standard InChI is InChI=1S/C15H24N4/c1-4-15(5-1)8-12(9-15)10-19-11-14(17-18-19)13-2-6-16-7-3-13/h11-13,16H,1-10H2. The molecule has 3 fully saturated rings. The number of piperidine rings is 1. The summed E-state index contributed by atoms with van der Waals surface area (Å²) in [7, 11) is 0. The van der Waals surface area contributed by atoms with Crippen molar-refractivity contribution < 1.29 is 0 Å². The molecule has 0 amide bonds. The van der Waals surface area contributed by atoms with Crippen molar-refractivity contribution in [3.05, 3.63) is 11.9 Å². The Morgan fingerprint density at radius 3 is 2.74 bits per heavy atom. The quantitative estimate of drug-likeness (QED) is 0.907. The van der Waals surface area contributed by atoms with Gasteiger partial charge in [-0.25, -0.2) is 0 Å². The molecule has 4 heteroatoms. The summed E-state index contributed by atoms with van der Waals surface area (Å²) in [5.74, 6) is 1.50. The molecule has 1 aromatic heterocycles. The lowest BCUT2D eigenvalue weighted by Crippen LogP contribution is -2.44. The third-order valence-electron chi connectivity index (χ3n) is 5.62. The zero-order valence-electron chi connectivity index (χ0n) is 11.6. The minimum absolute atomic E-state index is 0.634. The summed E-state index contributed by atoms with van der Waals surface area (Å²) in [6.45, 7) is 3.35. The average Bonchev–Trinajstić information content (AvgIpc) is 2.80. The molecule has 1 aromatic rings. The van der Waals surface area contributed by atoms with E-state index >= 15 is 0 Å². The van der Waals surface area contributed by atoms with E-state index in [1.807, 2.05) is 0 Å². The highest BCUT2D eigenvalue weighted by Crippen LogP contribution is 2.58. The SMILES string of the molecule is c1c(C2CCNCC2)nnn1CC1CC2(CCC2)C1. The lowest BCUT2D eigenvalue weighted by molar-refractivity contribution is -0.0325. The van der Waals surface area contributed by atoms with Crippen molar-refractivity contribution in [2.45, 2.75) is 57.4 Å². The molecule has 104 valence electrons. The van der Waals surface area contributed by atoms with Gasteiger partial charge in [-0.15, -0.1) is 5.10 Å². The van der Waals surface area contributed by atoms with Gasteiger partial charge in [0.15, 0.2) is 0 Å². The van der Waals surface area contributed by atoms with Gasteiger partial charge < -0.3 is 5.32 Å². The van der Waals surface area contributed by atoms with E-state index in [1.165, 1.54) is 50.6 Å². The van der Waals surface area contributed by atoms with Gasteiger partial charge in [0.1, 0.15) is 0 Å². The van der Waals surface area contributed by atoms with Crippen molar-refractivity contribution in [1.29, 1.82) is 0 Å². The van der Waals surface area contributed by atoms with Gasteiger partial charge in [0.05, 0.1) is 5.69 Å². The Kier molecular flexibility index (Phi) is 2.87. The molecular weight excluding hydrogens is 236 g/mol. The molecule has 19 heavy (non-hydrogen) atoms. The minimum Gasteiger partial charge on any atom is -0.317 e. The Morgan fingerprint density at radius 1 is 1.26 bits per heavy atom. The van der Waals surface area contributed by atoms with Gasteiger partial charge in [-0.1, -0.05) is 11.6 Å². The van der Waals surface area contributed by atoms with Crippen LogP contribution in [0.1, 0.15) is 56.6 Å². The number of rotatable bonds is 3. The van der Waals surface area contributed by atoms with E-state index in [4.69, 9.17) is 0 Å². The zero-order chi connectivity index (χ0) is 12.7. The Bertz CT molecular complexity index is 435. The fraction of sp³-hybridized carbons (Fsp3) is 0.867. The van der Waals surface area contributed by atoms with Crippen molar-refractivity contribution in [2.75, 3.05) is 13.1 Å². The Labute approximate surface area is 115 Å². The average molecular weight is 260 g/mol. The first-order chi connectivity index (χ1) is 9.33. The van der Waals surface area contributed by atoms with Crippen molar-refractivity contribution >= 4 is 0 Å². The molecular formula is C15H24N4. The lowest BCUT2D eigenvalue weighted by Gasteiger charge is -2.54. The second-order valence-corrected chi connectivity index (χ2v) is 7.02. The van der Waals surface area contributed by atoms with Crippen LogP contribution >= 0.6 is 0 Å². The second-order valence-electron chi connectivity index (χ2n) is 7.02. The largest absolute Gasteiger partial charge is 0.317 e. The van der Waals surface area contributed by atoms with Crippen LogP contribution in [0, 0.1) is 11.3 Å². The normalized spacial score (nSPS) is 27.2. The minimum atomic E-state index is 0.634. The van der Waals surface area contributed by atoms with Crippen LogP contribution in [0.3, 0.4) is 0 Å². The highest BCUT2D eigenvalue weighted by Gasteiger charge is 2.47. The zero-order valence-corrected chi connectivity index (χ0v) is 11.6. The molecule has 1 aliphatic heterocycles. The number of nitrogens with zero attached hydrogens (tertiary/aromatic N) is 3. The number of hydrogen-bond acceptors (Lipinski definition) is 3. The number of aromatic nitrogens is 3. The highest BCUT2D eigenvalue weighted by molar-refractivity contribution is 5.04. The number of hydrogen-bond donors (Lipinski definition) is 1. The van der Waals surface area contributed by atoms with Crippen molar-refractivity contribution in [1.82, 2.24) is 20.3 Å². The molecule has 0 aromatic carbocycles. The molecule has 0 unspecified atom stereocenters. The van der Waals surface area contributed by atoms with Crippen LogP contribution in [-0.4, -0.2) is 28.1 Å². The van der Waals surface area contributed by atoms with Crippen molar-refractivity contribution in [3.63, 3.8) is 0 Å². The number of nitrogens with one attached hydrogen (secondary N) is 1. The van der Waals surface area contributed by atoms with E-state index in [0.29, 0.717) is 5.92 Å². The van der Waals surface area contributed by atoms with E-state index in [2.05, 4.69) is 26.5 Å². The summed E-state index contributed by atoms with van der Waals surface area (Å²) in [6.07, 6.45) is 12.0. The molecule has 0 bridgehead atoms. The predicted molar refractivity (Wildman–Crippen MR) is 73.9 cm³/mol. The van der Waals surface area contributed by atoms with Crippen LogP contribution in [0.4, 0.5) is 0 Å². The third kappa shape index (κ3) is 2.20. The maximum Gasteiger partial charge on any atom is 0.0858 e. The van der Waals surface area contributed by atoms with E-state index in [1.54, 1.807) is 0 Å². The summed E-state index contributed by atoms with van der Waals surface area (Å²) in [5, 5.41) is 12.2. The maximum absolute atomic E-state index is 4.41. The van der Waals surface area contributed by atoms with Gasteiger partial charge in [-0.2, -0.15) is 0 Å². The van der Waals surface area contributed by atoms with Gasteiger partial charge in [0, 0.05) is 18.7 Å². The van der Waals surface area contributed by atoms with Crippen LogP contribution in [0.25, 0.3) is 0 Å². The Balaban J connectivity index is 1.33. The summed E-state index contributed by atoms with van der Waals surface area (Å²) in [6, 6.07) is 0. The fourth-order valence-corrected chi connectivity index (χ4v) is 4.35. The van der Waals surface area contributed by atoms with Crippen LogP contribution in [0.5, 0.6) is 0 Å². The summed E-state index contributed by atoms with van der Waals surface area (Å²) in [4.78, 5) is 0. The van der Waals surface area contributed by atoms with E-state index in [9.17, 15) is 0 Å². The van der Waals surface area contributed by atoms with Crippen LogP contribution in [0.15, 0.2) is 6.20 Å². The predicted octanol–water partition coefficient (Wildman–Crippen LogP) is 2.33. The van der Waals surface area contributed by atoms with Gasteiger partial charge >= 0.3 is 0 Å². The maximum atomic E-state index is 4.41. The van der Waals surface area contributed by atoms with Crippen molar-refractivity contribution in [2.24, 2.45) is 11.3 Å². The first-order valence-electron chi connectivity index (χ1n) is 7.94. The molecule has 1 N–H and O–H groups in total. The smallest absolute Gasteiger partial charge is 0.0858 e. The Hall–Kier alpha value is -0.900. The second kappa shape index (κ2) is 4.58. The third-order valence-corrected chi connectivity index (χ3v) is 5.62. The monoisotopic (exact) mass is 260 g/mol. The Morgan fingerprint density at radius 2 is 2.05 bits per heavy atom. The first-order valence-corrected chi connectivity index (χ1v) is 7.94. The molecule has 2 saturated carbocycles. The van der Waals surface area contributed by atoms with Gasteiger partial charge in [-0.3, -0.25) is 4.68 Å². The van der Waals surface area contributed by atoms with E-state index in [-0.39, 0.29) is 0 Å². The molecule has 0 radical (unpaired) electrons. The molecule has 4 rings (SSSR count).